The van der Waals surface area contributed by atoms with E-state index >= 15 is 0 Å². The van der Waals surface area contributed by atoms with Crippen LogP contribution in [0.5, 0.6) is 0 Å². The second-order valence-electron chi connectivity index (χ2n) is 3.25. The molecular weight excluding hydrogens is 228 g/mol. The van der Waals surface area contributed by atoms with Gasteiger partial charge in [0.05, 0.1) is 0 Å². The third-order valence-corrected chi connectivity index (χ3v) is 2.27. The molecule has 1 aromatic heterocycles. The first-order chi connectivity index (χ1) is 7.56. The van der Waals surface area contributed by atoms with Crippen LogP contribution in [0, 0.1) is 0 Å². The van der Waals surface area contributed by atoms with Crippen LogP contribution in [-0.4, -0.2) is 9.97 Å². The molecule has 0 spiro atoms. The van der Waals surface area contributed by atoms with Gasteiger partial charge in [-0.2, -0.15) is 0 Å². The number of nitrogens with one attached hydrogen (secondary N) is 1. The molecule has 6 heteroatoms. The van der Waals surface area contributed by atoms with E-state index in [1.165, 1.54) is 6.07 Å². The topological polar surface area (TPSA) is 97.8 Å². The first-order valence-electron chi connectivity index (χ1n) is 4.48. The van der Waals surface area contributed by atoms with Gasteiger partial charge < -0.3 is 16.5 Å². The smallest absolute Gasteiger partial charge is 0.253 e. The Balaban J connectivity index is 2.66. The lowest BCUT2D eigenvalue weighted by Gasteiger charge is -2.05. The van der Waals surface area contributed by atoms with Crippen LogP contribution in [0.15, 0.2) is 29.1 Å². The van der Waals surface area contributed by atoms with Crippen molar-refractivity contribution in [2.45, 2.75) is 0 Å². The molecule has 0 amide bonds. The minimum atomic E-state index is -0.332. The number of H-pyrrole nitrogens is 1. The van der Waals surface area contributed by atoms with Crippen LogP contribution in [0.1, 0.15) is 0 Å². The summed E-state index contributed by atoms with van der Waals surface area (Å²) in [5.74, 6) is 0.447. The molecule has 0 aliphatic rings. The first-order valence-corrected chi connectivity index (χ1v) is 4.86. The van der Waals surface area contributed by atoms with E-state index in [1.54, 1.807) is 18.2 Å². The van der Waals surface area contributed by atoms with Gasteiger partial charge in [0.2, 0.25) is 0 Å². The van der Waals surface area contributed by atoms with Crippen molar-refractivity contribution in [3.05, 3.63) is 39.6 Å². The Labute approximate surface area is 96.1 Å². The van der Waals surface area contributed by atoms with Crippen molar-refractivity contribution in [1.29, 1.82) is 0 Å². The van der Waals surface area contributed by atoms with Gasteiger partial charge in [-0.25, -0.2) is 4.98 Å². The molecule has 0 fully saturated rings. The molecule has 0 bridgehead atoms. The lowest BCUT2D eigenvalue weighted by molar-refractivity contribution is 1.14. The molecule has 1 aromatic carbocycles. The molecule has 0 aliphatic carbocycles. The Morgan fingerprint density at radius 3 is 2.69 bits per heavy atom. The van der Waals surface area contributed by atoms with Crippen molar-refractivity contribution in [3.63, 3.8) is 0 Å². The maximum atomic E-state index is 11.2. The van der Waals surface area contributed by atoms with Crippen LogP contribution in [0.3, 0.4) is 0 Å². The van der Waals surface area contributed by atoms with Crippen LogP contribution in [0.4, 0.5) is 11.5 Å². The molecule has 0 radical (unpaired) electrons. The number of hydrogen-bond donors (Lipinski definition) is 3. The number of anilines is 2. The minimum absolute atomic E-state index is 0.137. The van der Waals surface area contributed by atoms with Gasteiger partial charge in [-0.3, -0.25) is 4.79 Å². The zero-order valence-corrected chi connectivity index (χ0v) is 8.95. The number of aromatic amines is 1. The van der Waals surface area contributed by atoms with Crippen LogP contribution in [0.25, 0.3) is 11.4 Å². The predicted molar refractivity (Wildman–Crippen MR) is 64.1 cm³/mol. The Morgan fingerprint density at radius 2 is 2.00 bits per heavy atom. The third kappa shape index (κ3) is 1.99. The average molecular weight is 237 g/mol. The normalized spacial score (nSPS) is 10.3. The highest BCUT2D eigenvalue weighted by Gasteiger charge is 2.07. The number of nitrogens with zero attached hydrogens (tertiary/aromatic N) is 1. The van der Waals surface area contributed by atoms with E-state index in [0.29, 0.717) is 22.1 Å². The third-order valence-electron chi connectivity index (χ3n) is 2.03. The zero-order valence-electron chi connectivity index (χ0n) is 8.20. The van der Waals surface area contributed by atoms with Gasteiger partial charge in [0.1, 0.15) is 11.6 Å². The fraction of sp³-hybridized carbons (Fsp3) is 0. The van der Waals surface area contributed by atoms with Gasteiger partial charge in [0.25, 0.3) is 5.56 Å². The number of hydrogen-bond acceptors (Lipinski definition) is 4. The second kappa shape index (κ2) is 3.86. The average Bonchev–Trinajstić information content (AvgIpc) is 2.20. The molecule has 0 atom stereocenters. The molecule has 5 nitrogen and oxygen atoms in total. The first kappa shape index (κ1) is 10.5. The summed E-state index contributed by atoms with van der Waals surface area (Å²) < 4.78 is 0. The van der Waals surface area contributed by atoms with Crippen LogP contribution >= 0.6 is 11.6 Å². The summed E-state index contributed by atoms with van der Waals surface area (Å²) in [6, 6.07) is 6.12. The van der Waals surface area contributed by atoms with Gasteiger partial charge in [0.15, 0.2) is 0 Å². The van der Waals surface area contributed by atoms with E-state index in [9.17, 15) is 4.79 Å². The van der Waals surface area contributed by atoms with Crippen molar-refractivity contribution < 1.29 is 0 Å². The van der Waals surface area contributed by atoms with E-state index in [-0.39, 0.29) is 11.4 Å². The zero-order chi connectivity index (χ0) is 11.7. The lowest BCUT2D eigenvalue weighted by Crippen LogP contribution is -2.10. The molecule has 82 valence electrons. The molecule has 16 heavy (non-hydrogen) atoms. The summed E-state index contributed by atoms with van der Waals surface area (Å²) in [7, 11) is 0. The van der Waals surface area contributed by atoms with Crippen molar-refractivity contribution in [2.24, 2.45) is 0 Å². The summed E-state index contributed by atoms with van der Waals surface area (Å²) in [6.07, 6.45) is 0. The van der Waals surface area contributed by atoms with E-state index < -0.39 is 0 Å². The largest absolute Gasteiger partial charge is 0.398 e. The number of rotatable bonds is 1. The predicted octanol–water partition coefficient (Wildman–Crippen LogP) is 1.25. The number of nitrogens with two attached hydrogens (primary N) is 2. The highest BCUT2D eigenvalue weighted by molar-refractivity contribution is 6.31. The van der Waals surface area contributed by atoms with Crippen molar-refractivity contribution in [2.75, 3.05) is 11.5 Å². The molecule has 0 saturated carbocycles. The molecular formula is C10H9ClN4O. The monoisotopic (exact) mass is 236 g/mol. The van der Waals surface area contributed by atoms with E-state index in [4.69, 9.17) is 23.1 Å². The fourth-order valence-electron chi connectivity index (χ4n) is 1.34. The van der Waals surface area contributed by atoms with E-state index in [2.05, 4.69) is 9.97 Å². The standard InChI is InChI=1S/C10H9ClN4O/c11-5-1-2-7(12)6(3-5)10-14-8(13)4-9(16)15-10/h1-4H,12H2,(H3,13,14,15,16). The van der Waals surface area contributed by atoms with Gasteiger partial charge in [0, 0.05) is 22.3 Å². The van der Waals surface area contributed by atoms with Crippen molar-refractivity contribution in [1.82, 2.24) is 9.97 Å². The highest BCUT2D eigenvalue weighted by atomic mass is 35.5. The number of halogens is 1. The molecule has 1 heterocycles. The van der Waals surface area contributed by atoms with Gasteiger partial charge in [-0.05, 0) is 18.2 Å². The Hall–Kier alpha value is -2.01. The Morgan fingerprint density at radius 1 is 1.25 bits per heavy atom. The number of aromatic nitrogens is 2. The molecule has 0 aliphatic heterocycles. The molecule has 2 aromatic rings. The van der Waals surface area contributed by atoms with E-state index in [0.717, 1.165) is 0 Å². The molecule has 0 unspecified atom stereocenters. The molecule has 5 N–H and O–H groups in total. The second-order valence-corrected chi connectivity index (χ2v) is 3.69. The molecule has 2 rings (SSSR count). The Bertz CT molecular complexity index is 594. The number of benzene rings is 1. The van der Waals surface area contributed by atoms with Crippen molar-refractivity contribution in [3.8, 4) is 11.4 Å². The summed E-state index contributed by atoms with van der Waals surface area (Å²) >= 11 is 5.84. The number of nitrogen functional groups attached to an aromatic ring is 2. The summed E-state index contributed by atoms with van der Waals surface area (Å²) in [4.78, 5) is 17.8. The van der Waals surface area contributed by atoms with E-state index in [1.807, 2.05) is 0 Å². The van der Waals surface area contributed by atoms with Crippen LogP contribution in [0.2, 0.25) is 5.02 Å². The summed E-state index contributed by atoms with van der Waals surface area (Å²) in [5, 5.41) is 0.509. The van der Waals surface area contributed by atoms with Gasteiger partial charge in [-0.1, -0.05) is 11.6 Å². The fourth-order valence-corrected chi connectivity index (χ4v) is 1.51. The van der Waals surface area contributed by atoms with Crippen LogP contribution in [-0.2, 0) is 0 Å². The van der Waals surface area contributed by atoms with Crippen molar-refractivity contribution >= 4 is 23.1 Å². The summed E-state index contributed by atoms with van der Waals surface area (Å²) in [5.41, 5.74) is 11.9. The maximum Gasteiger partial charge on any atom is 0.253 e. The summed E-state index contributed by atoms with van der Waals surface area (Å²) in [6.45, 7) is 0. The maximum absolute atomic E-state index is 11.2. The Kier molecular flexibility index (Phi) is 2.54. The van der Waals surface area contributed by atoms with Gasteiger partial charge >= 0.3 is 0 Å². The SMILES string of the molecule is Nc1cc(=O)[nH]c(-c2cc(Cl)ccc2N)n1. The highest BCUT2D eigenvalue weighted by Crippen LogP contribution is 2.25. The minimum Gasteiger partial charge on any atom is -0.398 e. The van der Waals surface area contributed by atoms with Gasteiger partial charge in [-0.15, -0.1) is 0 Å². The lowest BCUT2D eigenvalue weighted by atomic mass is 10.1. The quantitative estimate of drug-likeness (QED) is 0.649. The molecule has 0 saturated heterocycles. The van der Waals surface area contributed by atoms with Crippen LogP contribution < -0.4 is 17.0 Å².